The smallest absolute Gasteiger partial charge is 0.394 e. The average molecular weight is 1480 g/mol. The highest BCUT2D eigenvalue weighted by Crippen LogP contribution is 2.47. The number of carbonyl (C=O) groups is 3. The van der Waals surface area contributed by atoms with Crippen LogP contribution >= 0.6 is 45.6 Å². The number of halogens is 10. The second kappa shape index (κ2) is 30.6. The molecule has 0 unspecified atom stereocenters. The molecular formula is C78H59ClF9N3O9S3. The van der Waals surface area contributed by atoms with Crippen molar-refractivity contribution in [1.82, 2.24) is 14.7 Å². The number of thiophene rings is 3. The molecule has 3 fully saturated rings. The van der Waals surface area contributed by atoms with Gasteiger partial charge < -0.3 is 29.5 Å². The molecule has 103 heavy (non-hydrogen) atoms. The van der Waals surface area contributed by atoms with Crippen LogP contribution in [-0.4, -0.2) is 106 Å². The van der Waals surface area contributed by atoms with E-state index in [9.17, 15) is 69.2 Å². The number of nitrogens with zero attached hydrogens (tertiary/aromatic N) is 3. The van der Waals surface area contributed by atoms with E-state index in [0.717, 1.165) is 39.4 Å². The molecule has 0 spiro atoms. The van der Waals surface area contributed by atoms with Crippen molar-refractivity contribution in [2.24, 2.45) is 17.8 Å². The zero-order valence-corrected chi connectivity index (χ0v) is 57.1. The van der Waals surface area contributed by atoms with E-state index >= 15 is 0 Å². The molecule has 12 nitrogen and oxygen atoms in total. The molecule has 3 aliphatic rings. The molecule has 0 bridgehead atoms. The van der Waals surface area contributed by atoms with E-state index in [-0.39, 0.29) is 52.3 Å². The summed E-state index contributed by atoms with van der Waals surface area (Å²) in [5.41, 5.74) is 3.41. The highest BCUT2D eigenvalue weighted by molar-refractivity contribution is 7.22. The first kappa shape index (κ1) is 71.6. The molecule has 0 aliphatic carbocycles. The fourth-order valence-corrected chi connectivity index (χ4v) is 15.6. The highest BCUT2D eigenvalue weighted by atomic mass is 35.5. The van der Waals surface area contributed by atoms with Gasteiger partial charge in [-0.05, 0) is 156 Å². The zero-order valence-electron chi connectivity index (χ0n) is 53.9. The number of likely N-dealkylation sites (tertiary alicyclic amines) is 3. The van der Waals surface area contributed by atoms with Gasteiger partial charge in [0.1, 0.15) is 60.8 Å². The molecule has 3 saturated heterocycles. The number of fused-ring (bicyclic) bond motifs is 3. The van der Waals surface area contributed by atoms with Gasteiger partial charge in [-0.3, -0.25) is 29.1 Å². The van der Waals surface area contributed by atoms with E-state index in [2.05, 4.69) is 0 Å². The number of phenols is 3. The maximum Gasteiger partial charge on any atom is 0.394 e. The van der Waals surface area contributed by atoms with Crippen LogP contribution in [0.5, 0.6) is 51.7 Å². The Morgan fingerprint density at radius 1 is 0.447 bits per heavy atom. The number of rotatable bonds is 20. The first-order valence-electron chi connectivity index (χ1n) is 32.2. The maximum absolute atomic E-state index is 14.3. The summed E-state index contributed by atoms with van der Waals surface area (Å²) in [4.78, 5) is 46.3. The monoisotopic (exact) mass is 1480 g/mol. The molecule has 15 rings (SSSR count). The third kappa shape index (κ3) is 16.5. The Labute approximate surface area is 600 Å². The normalized spacial score (nSPS) is 14.6. The molecule has 3 aliphatic heterocycles. The summed E-state index contributed by atoms with van der Waals surface area (Å²) >= 11 is 9.78. The van der Waals surface area contributed by atoms with Gasteiger partial charge in [0, 0.05) is 112 Å². The van der Waals surface area contributed by atoms with Gasteiger partial charge >= 0.3 is 6.18 Å². The van der Waals surface area contributed by atoms with Gasteiger partial charge in [-0.15, -0.1) is 34.0 Å². The van der Waals surface area contributed by atoms with Gasteiger partial charge in [-0.25, -0.2) is 26.3 Å². The predicted octanol–water partition coefficient (Wildman–Crippen LogP) is 20.2. The Morgan fingerprint density at radius 2 is 0.796 bits per heavy atom. The first-order valence-corrected chi connectivity index (χ1v) is 35.0. The number of alkyl halides is 7. The molecular weight excluding hydrogens is 1430 g/mol. The van der Waals surface area contributed by atoms with Gasteiger partial charge in [-0.1, -0.05) is 72.3 Å². The van der Waals surface area contributed by atoms with Crippen LogP contribution in [-0.2, 0) is 19.6 Å². The van der Waals surface area contributed by atoms with Crippen molar-refractivity contribution in [3.63, 3.8) is 0 Å². The lowest BCUT2D eigenvalue weighted by Crippen LogP contribution is -2.52. The number of hydrogen-bond acceptors (Lipinski definition) is 15. The molecule has 25 heteroatoms. The lowest BCUT2D eigenvalue weighted by Gasteiger charge is -2.40. The van der Waals surface area contributed by atoms with Gasteiger partial charge in [-0.2, -0.15) is 13.2 Å². The van der Waals surface area contributed by atoms with E-state index in [1.807, 2.05) is 34.1 Å². The largest absolute Gasteiger partial charge is 0.508 e. The summed E-state index contributed by atoms with van der Waals surface area (Å²) in [6.45, 7) is 3.11. The minimum atomic E-state index is -4.16. The fourth-order valence-electron chi connectivity index (χ4n) is 12.0. The number of phenolic OH excluding ortho intramolecular Hbond substituents is 3. The van der Waals surface area contributed by atoms with Crippen LogP contribution in [0.15, 0.2) is 200 Å². The van der Waals surface area contributed by atoms with Gasteiger partial charge in [0.15, 0.2) is 17.2 Å². The molecule has 6 heterocycles. The highest BCUT2D eigenvalue weighted by Gasteiger charge is 2.47. The second-order valence-electron chi connectivity index (χ2n) is 25.0. The molecule has 3 aromatic heterocycles. The maximum atomic E-state index is 14.3. The van der Waals surface area contributed by atoms with E-state index < -0.39 is 54.2 Å². The summed E-state index contributed by atoms with van der Waals surface area (Å²) in [6, 6.07) is 53.6. The van der Waals surface area contributed by atoms with Crippen molar-refractivity contribution in [3.05, 3.63) is 265 Å². The van der Waals surface area contributed by atoms with E-state index in [1.165, 1.54) is 72.0 Å². The third-order valence-electron chi connectivity index (χ3n) is 17.6. The number of carbonyl (C=O) groups excluding carboxylic acids is 3. The van der Waals surface area contributed by atoms with Gasteiger partial charge in [0.05, 0.1) is 16.5 Å². The van der Waals surface area contributed by atoms with E-state index in [0.29, 0.717) is 136 Å². The SMILES string of the molecule is O=C(c1ccc(F)cc1)c1sc2cc(O)ccc2c1Oc1ccc(CN2CC(C(F)(F)F)C2)cc1.O=C(c1ccccc1Cl)c1sc2cc(O)ccc2c1Oc1ccc(CN2CC(C(F)F)C2)cc1.O=C(c1ccccc1F)c1sc2cc(O)ccc2c1Oc1ccc(CN2CC(C(F)F)C2)cc1. The summed E-state index contributed by atoms with van der Waals surface area (Å²) in [5, 5.41) is 32.0. The Balaban J connectivity index is 0.000000138. The van der Waals surface area contributed by atoms with Gasteiger partial charge in [0.2, 0.25) is 30.2 Å². The Morgan fingerprint density at radius 3 is 1.17 bits per heavy atom. The molecule has 9 aromatic carbocycles. The summed E-state index contributed by atoms with van der Waals surface area (Å²) in [6.07, 6.45) is -8.70. The number of ketones is 3. The summed E-state index contributed by atoms with van der Waals surface area (Å²) in [5.74, 6) is -1.85. The van der Waals surface area contributed by atoms with Gasteiger partial charge in [0.25, 0.3) is 0 Å². The predicted molar refractivity (Wildman–Crippen MR) is 379 cm³/mol. The van der Waals surface area contributed by atoms with Crippen LogP contribution in [0.25, 0.3) is 30.3 Å². The topological polar surface area (TPSA) is 149 Å². The molecule has 12 aromatic rings. The molecule has 0 radical (unpaired) electrons. The second-order valence-corrected chi connectivity index (χ2v) is 28.6. The summed E-state index contributed by atoms with van der Waals surface area (Å²) < 4.78 is 137. The quantitative estimate of drug-likeness (QED) is 0.0492. The van der Waals surface area contributed by atoms with Crippen molar-refractivity contribution in [2.75, 3.05) is 39.3 Å². The summed E-state index contributed by atoms with van der Waals surface area (Å²) in [7, 11) is 0. The Hall–Kier alpha value is -9.79. The minimum absolute atomic E-state index is 0.00958. The number of benzene rings is 9. The number of ether oxygens (including phenoxy) is 3. The standard InChI is InChI=1S/C26H20ClF2NO3S.C26H19F4NO3S.C26H20F3NO3S/c27-21-4-2-1-3-19(21)23(32)25-24(20-10-7-17(31)11-22(20)34-25)33-18-8-5-15(6-9-18)12-30-13-16(14-30)26(28)29;27-18-5-3-16(4-6-18)23(33)25-24(21-10-7-19(32)11-22(21)35-25)34-20-8-1-15(2-9-20)12-31-13-17(14-31)26(28,29)30;27-21-4-2-1-3-19(21)23(32)25-24(20-10-7-17(31)11-22(20)34-25)33-18-8-5-15(6-9-18)12-30-13-16(14-30)26(28)29/h1-11,16,26,31H,12-14H2;1-11,17,32H,12-14H2;1-11,16,26,31H,12-14H2. The van der Waals surface area contributed by atoms with Crippen LogP contribution < -0.4 is 14.2 Å². The minimum Gasteiger partial charge on any atom is -0.508 e. The number of hydrogen-bond donors (Lipinski definition) is 3. The zero-order chi connectivity index (χ0) is 72.4. The lowest BCUT2D eigenvalue weighted by molar-refractivity contribution is -0.210. The van der Waals surface area contributed by atoms with Crippen molar-refractivity contribution in [3.8, 4) is 51.7 Å². The van der Waals surface area contributed by atoms with Crippen molar-refractivity contribution in [2.45, 2.75) is 38.7 Å². The van der Waals surface area contributed by atoms with E-state index in [4.69, 9.17) is 25.8 Å². The van der Waals surface area contributed by atoms with Crippen LogP contribution in [0.1, 0.15) is 62.4 Å². The molecule has 3 N–H and O–H groups in total. The van der Waals surface area contributed by atoms with Crippen molar-refractivity contribution < 1.29 is 83.4 Å². The number of aromatic hydroxyl groups is 3. The van der Waals surface area contributed by atoms with Crippen LogP contribution in [0.2, 0.25) is 5.02 Å². The van der Waals surface area contributed by atoms with Crippen molar-refractivity contribution in [1.29, 1.82) is 0 Å². The molecule has 528 valence electrons. The van der Waals surface area contributed by atoms with E-state index in [1.54, 1.807) is 120 Å². The van der Waals surface area contributed by atoms with Crippen molar-refractivity contribution >= 4 is 93.2 Å². The van der Waals surface area contributed by atoms with Crippen LogP contribution in [0.3, 0.4) is 0 Å². The first-order chi connectivity index (χ1) is 49.4. The molecule has 0 amide bonds. The molecule has 0 saturated carbocycles. The van der Waals surface area contributed by atoms with Crippen LogP contribution in [0, 0.1) is 29.4 Å². The average Bonchev–Trinajstić information content (AvgIpc) is 1.63. The fraction of sp³-hybridized carbons (Fsp3) is 0.192. The lowest BCUT2D eigenvalue weighted by atomic mass is 9.99. The Kier molecular flexibility index (Phi) is 21.3. The third-order valence-corrected chi connectivity index (χ3v) is 21.3. The molecule has 0 atom stereocenters. The van der Waals surface area contributed by atoms with Crippen LogP contribution in [0.4, 0.5) is 39.5 Å². The Bertz CT molecular complexity index is 4870.